The zero-order chi connectivity index (χ0) is 21.6. The number of carbonyl (C=O) groups excluding carboxylic acids is 1. The number of benzene rings is 1. The predicted molar refractivity (Wildman–Crippen MR) is 107 cm³/mol. The summed E-state index contributed by atoms with van der Waals surface area (Å²) in [5.41, 5.74) is 1.18. The number of halogens is 2. The van der Waals surface area contributed by atoms with Gasteiger partial charge in [0.1, 0.15) is 5.56 Å². The Kier molecular flexibility index (Phi) is 5.03. The number of aryl methyl sites for hydroxylation is 3. The molecule has 0 spiro atoms. The van der Waals surface area contributed by atoms with E-state index in [-0.39, 0.29) is 18.7 Å². The van der Waals surface area contributed by atoms with E-state index in [9.17, 15) is 18.4 Å². The first kappa shape index (κ1) is 20.4. The van der Waals surface area contributed by atoms with Gasteiger partial charge in [0.15, 0.2) is 11.5 Å². The minimum absolute atomic E-state index is 0.00984. The van der Waals surface area contributed by atoms with Crippen molar-refractivity contribution in [2.24, 2.45) is 11.8 Å². The van der Waals surface area contributed by atoms with Crippen LogP contribution >= 0.6 is 0 Å². The van der Waals surface area contributed by atoms with E-state index < -0.39 is 29.2 Å². The fraction of sp³-hybridized carbons (Fsp3) is 0.455. The van der Waals surface area contributed by atoms with Crippen molar-refractivity contribution >= 4 is 5.91 Å². The van der Waals surface area contributed by atoms with Crippen LogP contribution in [0.2, 0.25) is 0 Å². The molecule has 2 atom stereocenters. The van der Waals surface area contributed by atoms with E-state index in [0.29, 0.717) is 30.0 Å². The Labute approximate surface area is 173 Å². The lowest BCUT2D eigenvalue weighted by Crippen LogP contribution is -2.39. The van der Waals surface area contributed by atoms with Crippen LogP contribution < -0.4 is 15.0 Å². The van der Waals surface area contributed by atoms with Gasteiger partial charge >= 0.3 is 0 Å². The van der Waals surface area contributed by atoms with Gasteiger partial charge in [-0.3, -0.25) is 9.59 Å². The Bertz CT molecular complexity index is 1040. The molecular formula is C22H24F2N2O4. The summed E-state index contributed by atoms with van der Waals surface area (Å²) in [7, 11) is 3.12. The number of hydrogen-bond acceptors (Lipinski definition) is 4. The molecule has 1 aromatic heterocycles. The largest absolute Gasteiger partial charge is 0.493 e. The van der Waals surface area contributed by atoms with E-state index in [1.807, 2.05) is 12.1 Å². The maximum atomic E-state index is 13.4. The SMILES string of the molecule is COc1ccc(CCn2ccc(C)c(C(=O)N3CC4C(C3)C4(F)F)c2=O)cc1OC. The van der Waals surface area contributed by atoms with Crippen LogP contribution in [0.4, 0.5) is 8.78 Å². The highest BCUT2D eigenvalue weighted by Gasteiger charge is 2.72. The molecule has 1 amide bonds. The second kappa shape index (κ2) is 7.41. The van der Waals surface area contributed by atoms with Crippen LogP contribution in [-0.4, -0.2) is 48.6 Å². The van der Waals surface area contributed by atoms with Crippen LogP contribution in [0.1, 0.15) is 21.5 Å². The first-order chi connectivity index (χ1) is 14.3. The van der Waals surface area contributed by atoms with Crippen LogP contribution in [0.25, 0.3) is 0 Å². The molecule has 1 saturated carbocycles. The number of fused-ring (bicyclic) bond motifs is 1. The summed E-state index contributed by atoms with van der Waals surface area (Å²) < 4.78 is 38.9. The molecule has 2 aliphatic rings. The summed E-state index contributed by atoms with van der Waals surface area (Å²) >= 11 is 0. The van der Waals surface area contributed by atoms with Crippen molar-refractivity contribution in [3.05, 3.63) is 57.5 Å². The number of likely N-dealkylation sites (tertiary alicyclic amines) is 1. The molecule has 2 aromatic rings. The van der Waals surface area contributed by atoms with Crippen LogP contribution in [-0.2, 0) is 13.0 Å². The molecule has 1 saturated heterocycles. The van der Waals surface area contributed by atoms with Crippen molar-refractivity contribution in [2.45, 2.75) is 25.8 Å². The highest BCUT2D eigenvalue weighted by molar-refractivity contribution is 5.95. The van der Waals surface area contributed by atoms with Gasteiger partial charge in [-0.1, -0.05) is 6.07 Å². The average Bonchev–Trinajstić information content (AvgIpc) is 3.08. The highest BCUT2D eigenvalue weighted by Crippen LogP contribution is 2.59. The van der Waals surface area contributed by atoms with Crippen molar-refractivity contribution in [3.63, 3.8) is 0 Å². The second-order valence-corrected chi connectivity index (χ2v) is 7.91. The summed E-state index contributed by atoms with van der Waals surface area (Å²) in [4.78, 5) is 27.2. The Morgan fingerprint density at radius 2 is 1.80 bits per heavy atom. The zero-order valence-electron chi connectivity index (χ0n) is 17.2. The van der Waals surface area contributed by atoms with Gasteiger partial charge in [-0.25, -0.2) is 8.78 Å². The van der Waals surface area contributed by atoms with Crippen molar-refractivity contribution in [2.75, 3.05) is 27.3 Å². The van der Waals surface area contributed by atoms with Crippen molar-refractivity contribution in [1.82, 2.24) is 9.47 Å². The van der Waals surface area contributed by atoms with E-state index in [1.165, 1.54) is 9.47 Å². The predicted octanol–water partition coefficient (Wildman–Crippen LogP) is 2.75. The number of alkyl halides is 2. The first-order valence-electron chi connectivity index (χ1n) is 9.86. The standard InChI is InChI=1S/C22H24F2N2O4/c1-13-6-8-25(9-7-14-4-5-17(29-2)18(10-14)30-3)20(27)19(13)21(28)26-11-15-16(12-26)22(15,23)24/h4-6,8,10,15-16H,7,9,11-12H2,1-3H3. The van der Waals surface area contributed by atoms with Gasteiger partial charge in [0.2, 0.25) is 0 Å². The third kappa shape index (κ3) is 3.34. The molecule has 0 radical (unpaired) electrons. The number of aromatic nitrogens is 1. The minimum Gasteiger partial charge on any atom is -0.493 e. The highest BCUT2D eigenvalue weighted by atomic mass is 19.3. The number of piperidine rings is 1. The van der Waals surface area contributed by atoms with Crippen LogP contribution in [0.15, 0.2) is 35.3 Å². The number of pyridine rings is 1. The van der Waals surface area contributed by atoms with Crippen molar-refractivity contribution < 1.29 is 23.0 Å². The second-order valence-electron chi connectivity index (χ2n) is 7.91. The summed E-state index contributed by atoms with van der Waals surface area (Å²) in [5, 5.41) is 0. The van der Waals surface area contributed by atoms with Crippen LogP contribution in [0, 0.1) is 18.8 Å². The average molecular weight is 418 g/mol. The summed E-state index contributed by atoms with van der Waals surface area (Å²) in [6.07, 6.45) is 2.21. The fourth-order valence-corrected chi connectivity index (χ4v) is 4.22. The maximum absolute atomic E-state index is 13.4. The lowest BCUT2D eigenvalue weighted by Gasteiger charge is -2.21. The molecule has 1 aromatic carbocycles. The molecule has 1 aliphatic heterocycles. The third-order valence-corrected chi connectivity index (χ3v) is 6.16. The quantitative estimate of drug-likeness (QED) is 0.724. The number of rotatable bonds is 6. The summed E-state index contributed by atoms with van der Waals surface area (Å²) in [6.45, 7) is 2.09. The molecule has 4 rings (SSSR count). The number of nitrogens with zero attached hydrogens (tertiary/aromatic N) is 2. The monoisotopic (exact) mass is 418 g/mol. The Hall–Kier alpha value is -2.90. The topological polar surface area (TPSA) is 60.8 Å². The molecule has 2 fully saturated rings. The number of methoxy groups -OCH3 is 2. The molecular weight excluding hydrogens is 394 g/mol. The fourth-order valence-electron chi connectivity index (χ4n) is 4.22. The van der Waals surface area contributed by atoms with Gasteiger partial charge in [-0.15, -0.1) is 0 Å². The zero-order valence-corrected chi connectivity index (χ0v) is 17.2. The minimum atomic E-state index is -2.66. The Balaban J connectivity index is 1.51. The molecule has 160 valence electrons. The Morgan fingerprint density at radius 3 is 2.43 bits per heavy atom. The molecule has 1 aliphatic carbocycles. The van der Waals surface area contributed by atoms with E-state index in [2.05, 4.69) is 0 Å². The first-order valence-corrected chi connectivity index (χ1v) is 9.86. The molecule has 30 heavy (non-hydrogen) atoms. The van der Waals surface area contributed by atoms with Gasteiger partial charge < -0.3 is 18.9 Å². The maximum Gasteiger partial charge on any atom is 0.263 e. The number of amides is 1. The normalized spacial score (nSPS) is 21.3. The van der Waals surface area contributed by atoms with Gasteiger partial charge in [-0.2, -0.15) is 0 Å². The van der Waals surface area contributed by atoms with Crippen molar-refractivity contribution in [1.29, 1.82) is 0 Å². The van der Waals surface area contributed by atoms with E-state index in [0.717, 1.165) is 5.56 Å². The number of carbonyl (C=O) groups is 1. The van der Waals surface area contributed by atoms with Gasteiger partial charge in [0, 0.05) is 25.8 Å². The smallest absolute Gasteiger partial charge is 0.263 e. The number of ether oxygens (including phenoxy) is 2. The molecule has 2 heterocycles. The lowest BCUT2D eigenvalue weighted by atomic mass is 10.1. The van der Waals surface area contributed by atoms with E-state index >= 15 is 0 Å². The van der Waals surface area contributed by atoms with Crippen LogP contribution in [0.5, 0.6) is 11.5 Å². The Morgan fingerprint density at radius 1 is 1.13 bits per heavy atom. The molecule has 0 bridgehead atoms. The molecule has 0 N–H and O–H groups in total. The molecule has 2 unspecified atom stereocenters. The van der Waals surface area contributed by atoms with Gasteiger partial charge in [-0.05, 0) is 42.7 Å². The lowest BCUT2D eigenvalue weighted by molar-refractivity contribution is 0.0457. The molecule has 8 heteroatoms. The summed E-state index contributed by atoms with van der Waals surface area (Å²) in [5.74, 6) is -3.43. The van der Waals surface area contributed by atoms with Gasteiger partial charge in [0.25, 0.3) is 17.4 Å². The van der Waals surface area contributed by atoms with E-state index in [4.69, 9.17) is 9.47 Å². The molecule has 6 nitrogen and oxygen atoms in total. The van der Waals surface area contributed by atoms with Gasteiger partial charge in [0.05, 0.1) is 26.1 Å². The van der Waals surface area contributed by atoms with E-state index in [1.54, 1.807) is 39.5 Å². The van der Waals surface area contributed by atoms with Crippen molar-refractivity contribution in [3.8, 4) is 11.5 Å². The van der Waals surface area contributed by atoms with Crippen LogP contribution in [0.3, 0.4) is 0 Å². The third-order valence-electron chi connectivity index (χ3n) is 6.16. The number of hydrogen-bond donors (Lipinski definition) is 0. The summed E-state index contributed by atoms with van der Waals surface area (Å²) in [6, 6.07) is 7.26.